The molecular formula is C33H24N4. The number of hydrogen-bond donors (Lipinski definition) is 2. The molecule has 1 heterocycles. The van der Waals surface area contributed by atoms with Crippen LogP contribution in [0.15, 0.2) is 139 Å². The number of hydrazone groups is 1. The molecule has 0 saturated carbocycles. The number of nitrogens with zero attached hydrogens (tertiary/aromatic N) is 2. The van der Waals surface area contributed by atoms with Gasteiger partial charge in [0, 0.05) is 18.0 Å². The van der Waals surface area contributed by atoms with Crippen LogP contribution in [0.25, 0.3) is 27.8 Å². The zero-order valence-electron chi connectivity index (χ0n) is 20.1. The molecule has 176 valence electrons. The number of hydrogen-bond acceptors (Lipinski definition) is 4. The smallest absolute Gasteiger partial charge is 0.109 e. The number of nitrogens with one attached hydrogen (secondary N) is 2. The van der Waals surface area contributed by atoms with Crippen LogP contribution in [0.1, 0.15) is 16.7 Å². The first kappa shape index (κ1) is 22.4. The molecule has 6 rings (SSSR count). The van der Waals surface area contributed by atoms with E-state index in [4.69, 9.17) is 5.41 Å². The Balaban J connectivity index is 1.34. The molecule has 0 bridgehead atoms. The molecule has 1 aliphatic rings. The van der Waals surface area contributed by atoms with Gasteiger partial charge in [0.15, 0.2) is 0 Å². The van der Waals surface area contributed by atoms with Crippen molar-refractivity contribution < 1.29 is 0 Å². The van der Waals surface area contributed by atoms with Crippen LogP contribution in [0.5, 0.6) is 0 Å². The number of aromatic nitrogens is 1. The highest BCUT2D eigenvalue weighted by Crippen LogP contribution is 2.33. The molecule has 1 aliphatic carbocycles. The van der Waals surface area contributed by atoms with Gasteiger partial charge < -0.3 is 0 Å². The van der Waals surface area contributed by atoms with Crippen LogP contribution in [0.2, 0.25) is 0 Å². The number of benzene rings is 4. The molecule has 0 fully saturated rings. The fourth-order valence-corrected chi connectivity index (χ4v) is 4.59. The normalized spacial score (nSPS) is 13.7. The predicted octanol–water partition coefficient (Wildman–Crippen LogP) is 7.70. The maximum Gasteiger partial charge on any atom is 0.109 e. The van der Waals surface area contributed by atoms with Gasteiger partial charge in [0.2, 0.25) is 0 Å². The van der Waals surface area contributed by atoms with Crippen molar-refractivity contribution in [1.82, 2.24) is 4.98 Å². The summed E-state index contributed by atoms with van der Waals surface area (Å²) in [5, 5.41) is 13.5. The van der Waals surface area contributed by atoms with Crippen molar-refractivity contribution in [2.75, 3.05) is 5.43 Å². The Morgan fingerprint density at radius 3 is 1.97 bits per heavy atom. The van der Waals surface area contributed by atoms with Crippen molar-refractivity contribution in [3.63, 3.8) is 0 Å². The summed E-state index contributed by atoms with van der Waals surface area (Å²) in [5.41, 5.74) is 13.6. The molecule has 4 nitrogen and oxygen atoms in total. The first-order chi connectivity index (χ1) is 18.3. The third kappa shape index (κ3) is 4.60. The number of anilines is 1. The number of fused-ring (bicyclic) bond motifs is 1. The first-order valence-electron chi connectivity index (χ1n) is 12.2. The third-order valence-corrected chi connectivity index (χ3v) is 6.51. The Hall–Kier alpha value is -5.09. The van der Waals surface area contributed by atoms with Crippen LogP contribution in [-0.4, -0.2) is 16.4 Å². The molecule has 0 aliphatic heterocycles. The van der Waals surface area contributed by atoms with Gasteiger partial charge in [-0.2, -0.15) is 5.10 Å². The topological polar surface area (TPSA) is 61.1 Å². The zero-order chi connectivity index (χ0) is 25.0. The average molecular weight is 477 g/mol. The molecule has 37 heavy (non-hydrogen) atoms. The molecule has 2 N–H and O–H groups in total. The van der Waals surface area contributed by atoms with Crippen LogP contribution in [0.3, 0.4) is 0 Å². The van der Waals surface area contributed by atoms with Crippen molar-refractivity contribution in [2.45, 2.75) is 0 Å². The molecule has 5 aromatic rings. The monoisotopic (exact) mass is 476 g/mol. The standard InChI is InChI=1S/C33H24N4/c34-33-30-12-5-4-11-29(30)31(27-10-6-9-26(21-27)23-7-2-1-3-8-23)22-32(33)37-36-28-15-13-24(14-16-28)25-17-19-35-20-18-25/h1-22,34,36H. The Morgan fingerprint density at radius 1 is 0.568 bits per heavy atom. The van der Waals surface area contributed by atoms with Crippen LogP contribution in [0, 0.1) is 5.41 Å². The van der Waals surface area contributed by atoms with Gasteiger partial charge >= 0.3 is 0 Å². The lowest BCUT2D eigenvalue weighted by atomic mass is 9.84. The van der Waals surface area contributed by atoms with E-state index >= 15 is 0 Å². The van der Waals surface area contributed by atoms with E-state index in [0.29, 0.717) is 11.4 Å². The van der Waals surface area contributed by atoms with E-state index < -0.39 is 0 Å². The van der Waals surface area contributed by atoms with Crippen molar-refractivity contribution >= 4 is 22.7 Å². The molecule has 4 heteroatoms. The second-order valence-electron chi connectivity index (χ2n) is 8.85. The third-order valence-electron chi connectivity index (χ3n) is 6.51. The SMILES string of the molecule is N=C1C(=NNc2ccc(-c3ccncc3)cc2)C=C(c2cccc(-c3ccccc3)c2)c2ccccc21. The maximum absolute atomic E-state index is 8.85. The molecule has 0 atom stereocenters. The van der Waals surface area contributed by atoms with Gasteiger partial charge in [-0.05, 0) is 75.4 Å². The van der Waals surface area contributed by atoms with Gasteiger partial charge in [0.25, 0.3) is 0 Å². The molecule has 1 aromatic heterocycles. The van der Waals surface area contributed by atoms with Crippen LogP contribution >= 0.6 is 0 Å². The summed E-state index contributed by atoms with van der Waals surface area (Å²) in [5.74, 6) is 0. The molecule has 0 spiro atoms. The maximum atomic E-state index is 8.85. The predicted molar refractivity (Wildman–Crippen MR) is 153 cm³/mol. The van der Waals surface area contributed by atoms with Crippen LogP contribution in [-0.2, 0) is 0 Å². The second-order valence-corrected chi connectivity index (χ2v) is 8.85. The lowest BCUT2D eigenvalue weighted by molar-refractivity contribution is 1.32. The van der Waals surface area contributed by atoms with Crippen molar-refractivity contribution in [3.8, 4) is 22.3 Å². The highest BCUT2D eigenvalue weighted by atomic mass is 15.3. The van der Waals surface area contributed by atoms with E-state index in [1.165, 1.54) is 5.56 Å². The summed E-state index contributed by atoms with van der Waals surface area (Å²) in [6.45, 7) is 0. The fourth-order valence-electron chi connectivity index (χ4n) is 4.59. The zero-order valence-corrected chi connectivity index (χ0v) is 20.1. The van der Waals surface area contributed by atoms with Gasteiger partial charge in [-0.15, -0.1) is 0 Å². The molecule has 0 radical (unpaired) electrons. The minimum atomic E-state index is 0.402. The highest BCUT2D eigenvalue weighted by molar-refractivity contribution is 6.54. The van der Waals surface area contributed by atoms with Gasteiger partial charge in [-0.1, -0.05) is 84.9 Å². The number of rotatable bonds is 5. The van der Waals surface area contributed by atoms with E-state index in [9.17, 15) is 0 Å². The summed E-state index contributed by atoms with van der Waals surface area (Å²) in [6, 6.07) is 39.0. The summed E-state index contributed by atoms with van der Waals surface area (Å²) < 4.78 is 0. The molecule has 0 saturated heterocycles. The van der Waals surface area contributed by atoms with Gasteiger partial charge in [0.1, 0.15) is 5.71 Å². The first-order valence-corrected chi connectivity index (χ1v) is 12.2. The summed E-state index contributed by atoms with van der Waals surface area (Å²) in [6.07, 6.45) is 5.59. The Bertz CT molecular complexity index is 1630. The highest BCUT2D eigenvalue weighted by Gasteiger charge is 2.22. The lowest BCUT2D eigenvalue weighted by Crippen LogP contribution is -2.20. The lowest BCUT2D eigenvalue weighted by Gasteiger charge is -2.21. The van der Waals surface area contributed by atoms with E-state index in [1.807, 2.05) is 54.6 Å². The average Bonchev–Trinajstić information content (AvgIpc) is 2.98. The summed E-state index contributed by atoms with van der Waals surface area (Å²) in [4.78, 5) is 4.09. The fraction of sp³-hybridized carbons (Fsp3) is 0. The van der Waals surface area contributed by atoms with E-state index in [2.05, 4.69) is 82.2 Å². The largest absolute Gasteiger partial charge is 0.298 e. The number of allylic oxidation sites excluding steroid dienone is 1. The molecule has 4 aromatic carbocycles. The van der Waals surface area contributed by atoms with Crippen LogP contribution in [0.4, 0.5) is 5.69 Å². The Kier molecular flexibility index (Phi) is 5.97. The quantitative estimate of drug-likeness (QED) is 0.255. The summed E-state index contributed by atoms with van der Waals surface area (Å²) >= 11 is 0. The molecule has 0 unspecified atom stereocenters. The van der Waals surface area contributed by atoms with Crippen molar-refractivity contribution in [3.05, 3.63) is 150 Å². The van der Waals surface area contributed by atoms with Gasteiger partial charge in [0.05, 0.1) is 11.4 Å². The number of pyridine rings is 1. The van der Waals surface area contributed by atoms with E-state index in [-0.39, 0.29) is 0 Å². The minimum absolute atomic E-state index is 0.402. The molecular weight excluding hydrogens is 452 g/mol. The van der Waals surface area contributed by atoms with Crippen molar-refractivity contribution in [2.24, 2.45) is 5.10 Å². The van der Waals surface area contributed by atoms with Crippen molar-refractivity contribution in [1.29, 1.82) is 5.41 Å². The summed E-state index contributed by atoms with van der Waals surface area (Å²) in [7, 11) is 0. The Labute approximate surface area is 216 Å². The van der Waals surface area contributed by atoms with Gasteiger partial charge in [-0.3, -0.25) is 15.8 Å². The van der Waals surface area contributed by atoms with E-state index in [1.54, 1.807) is 12.4 Å². The minimum Gasteiger partial charge on any atom is -0.298 e. The van der Waals surface area contributed by atoms with Gasteiger partial charge in [-0.25, -0.2) is 0 Å². The van der Waals surface area contributed by atoms with Crippen LogP contribution < -0.4 is 5.43 Å². The second kappa shape index (κ2) is 9.88. The molecule has 0 amide bonds. The Morgan fingerprint density at radius 2 is 1.19 bits per heavy atom. The van der Waals surface area contributed by atoms with E-state index in [0.717, 1.165) is 44.6 Å².